The molecule has 0 unspecified atom stereocenters. The van der Waals surface area contributed by atoms with Crippen molar-refractivity contribution in [3.05, 3.63) is 53.1 Å². The first-order valence-corrected chi connectivity index (χ1v) is 11.5. The number of sulfonamides is 1. The second-order valence-corrected chi connectivity index (χ2v) is 9.11. The van der Waals surface area contributed by atoms with Crippen LogP contribution in [0.1, 0.15) is 36.1 Å². The number of anilines is 1. The lowest BCUT2D eigenvalue weighted by atomic mass is 10.0. The number of ether oxygens (including phenoxy) is 2. The van der Waals surface area contributed by atoms with Gasteiger partial charge in [-0.05, 0) is 49.6 Å². The van der Waals surface area contributed by atoms with Crippen LogP contribution < -0.4 is 19.1 Å². The van der Waals surface area contributed by atoms with Gasteiger partial charge in [-0.1, -0.05) is 30.7 Å². The van der Waals surface area contributed by atoms with Gasteiger partial charge in [0.1, 0.15) is 6.54 Å². The van der Waals surface area contributed by atoms with E-state index in [1.54, 1.807) is 26.4 Å². The molecule has 7 nitrogen and oxygen atoms in total. The van der Waals surface area contributed by atoms with Crippen molar-refractivity contribution in [3.8, 4) is 11.5 Å². The fourth-order valence-corrected chi connectivity index (χ4v) is 4.24. The van der Waals surface area contributed by atoms with E-state index in [2.05, 4.69) is 5.32 Å². The average Bonchev–Trinajstić information content (AvgIpc) is 2.69. The molecule has 164 valence electrons. The van der Waals surface area contributed by atoms with Gasteiger partial charge in [-0.2, -0.15) is 0 Å². The molecule has 1 N–H and O–H groups in total. The van der Waals surface area contributed by atoms with Crippen LogP contribution in [0, 0.1) is 13.8 Å². The Balaban J connectivity index is 2.25. The van der Waals surface area contributed by atoms with Crippen LogP contribution in [-0.4, -0.2) is 41.3 Å². The van der Waals surface area contributed by atoms with Crippen molar-refractivity contribution in [3.63, 3.8) is 0 Å². The van der Waals surface area contributed by atoms with E-state index in [0.717, 1.165) is 27.3 Å². The summed E-state index contributed by atoms with van der Waals surface area (Å²) in [6.07, 6.45) is 1.73. The fraction of sp³-hybridized carbons (Fsp3) is 0.409. The Bertz CT molecular complexity index is 1000. The maximum atomic E-state index is 12.8. The molecule has 1 atom stereocenters. The first-order chi connectivity index (χ1) is 14.1. The number of hydrogen-bond donors (Lipinski definition) is 1. The zero-order chi connectivity index (χ0) is 22.5. The number of nitrogens with zero attached hydrogens (tertiary/aromatic N) is 1. The molecule has 2 rings (SSSR count). The molecule has 0 aliphatic carbocycles. The monoisotopic (exact) mass is 434 g/mol. The van der Waals surface area contributed by atoms with Crippen molar-refractivity contribution in [2.75, 3.05) is 31.3 Å². The second kappa shape index (κ2) is 9.84. The Morgan fingerprint density at radius 1 is 1.07 bits per heavy atom. The summed E-state index contributed by atoms with van der Waals surface area (Å²) in [5.41, 5.74) is 3.16. The van der Waals surface area contributed by atoms with Crippen LogP contribution in [0.4, 0.5) is 5.69 Å². The number of rotatable bonds is 9. The maximum Gasteiger partial charge on any atom is 0.241 e. The van der Waals surface area contributed by atoms with Crippen LogP contribution in [-0.2, 0) is 14.8 Å². The molecule has 2 aromatic carbocycles. The van der Waals surface area contributed by atoms with Crippen LogP contribution in [0.25, 0.3) is 0 Å². The standard InChI is InChI=1S/C22H30N2O5S/c1-7-18(17-9-11-20(28-4)21(13-17)29-5)23-22(25)14-24(30(6,26)27)19-10-8-15(2)12-16(19)3/h8-13,18H,7,14H2,1-6H3,(H,23,25)/t18-/m0/s1. The van der Waals surface area contributed by atoms with Crippen molar-refractivity contribution in [2.45, 2.75) is 33.2 Å². The first kappa shape index (κ1) is 23.5. The van der Waals surface area contributed by atoms with Crippen molar-refractivity contribution in [2.24, 2.45) is 0 Å². The normalized spacial score (nSPS) is 12.2. The van der Waals surface area contributed by atoms with Crippen LogP contribution in [0.2, 0.25) is 0 Å². The smallest absolute Gasteiger partial charge is 0.241 e. The van der Waals surface area contributed by atoms with E-state index in [9.17, 15) is 13.2 Å². The molecule has 0 fully saturated rings. The van der Waals surface area contributed by atoms with Gasteiger partial charge in [0.05, 0.1) is 32.2 Å². The van der Waals surface area contributed by atoms with Gasteiger partial charge in [0.25, 0.3) is 0 Å². The summed E-state index contributed by atoms with van der Waals surface area (Å²) in [5, 5.41) is 2.93. The quantitative estimate of drug-likeness (QED) is 0.654. The molecular weight excluding hydrogens is 404 g/mol. The van der Waals surface area contributed by atoms with Crippen LogP contribution >= 0.6 is 0 Å². The molecule has 0 bridgehead atoms. The van der Waals surface area contributed by atoms with Crippen LogP contribution in [0.15, 0.2) is 36.4 Å². The molecule has 0 aromatic heterocycles. The number of amides is 1. The Morgan fingerprint density at radius 2 is 1.73 bits per heavy atom. The van der Waals surface area contributed by atoms with E-state index >= 15 is 0 Å². The Labute approximate surface area is 179 Å². The largest absolute Gasteiger partial charge is 0.493 e. The van der Waals surface area contributed by atoms with E-state index in [-0.39, 0.29) is 18.5 Å². The van der Waals surface area contributed by atoms with Gasteiger partial charge in [-0.25, -0.2) is 8.42 Å². The number of hydrogen-bond acceptors (Lipinski definition) is 5. The lowest BCUT2D eigenvalue weighted by Gasteiger charge is -2.25. The topological polar surface area (TPSA) is 84.9 Å². The molecule has 0 heterocycles. The number of benzene rings is 2. The zero-order valence-corrected chi connectivity index (χ0v) is 19.2. The highest BCUT2D eigenvalue weighted by molar-refractivity contribution is 7.92. The lowest BCUT2D eigenvalue weighted by Crippen LogP contribution is -2.41. The highest BCUT2D eigenvalue weighted by atomic mass is 32.2. The van der Waals surface area contributed by atoms with Gasteiger partial charge < -0.3 is 14.8 Å². The van der Waals surface area contributed by atoms with Gasteiger partial charge in [0, 0.05) is 0 Å². The minimum Gasteiger partial charge on any atom is -0.493 e. The molecule has 8 heteroatoms. The van der Waals surface area contributed by atoms with E-state index in [1.165, 1.54) is 0 Å². The number of methoxy groups -OCH3 is 2. The molecule has 0 spiro atoms. The average molecular weight is 435 g/mol. The molecule has 0 saturated heterocycles. The summed E-state index contributed by atoms with van der Waals surface area (Å²) in [5.74, 6) is 0.776. The molecule has 2 aromatic rings. The molecule has 0 radical (unpaired) electrons. The number of aryl methyl sites for hydroxylation is 2. The highest BCUT2D eigenvalue weighted by Crippen LogP contribution is 2.31. The van der Waals surface area contributed by atoms with Crippen molar-refractivity contribution >= 4 is 21.6 Å². The Hall–Kier alpha value is -2.74. The summed E-state index contributed by atoms with van der Waals surface area (Å²) >= 11 is 0. The molecule has 1 amide bonds. The summed E-state index contributed by atoms with van der Waals surface area (Å²) in [7, 11) is -0.530. The molecule has 0 aliphatic rings. The van der Waals surface area contributed by atoms with Crippen molar-refractivity contribution < 1.29 is 22.7 Å². The molecular formula is C22H30N2O5S. The second-order valence-electron chi connectivity index (χ2n) is 7.20. The van der Waals surface area contributed by atoms with Gasteiger partial charge >= 0.3 is 0 Å². The van der Waals surface area contributed by atoms with Crippen LogP contribution in [0.5, 0.6) is 11.5 Å². The van der Waals surface area contributed by atoms with Gasteiger partial charge in [-0.15, -0.1) is 0 Å². The number of carbonyl (C=O) groups is 1. The van der Waals surface area contributed by atoms with E-state index < -0.39 is 10.0 Å². The molecule has 0 saturated carbocycles. The minimum atomic E-state index is -3.64. The summed E-state index contributed by atoms with van der Waals surface area (Å²) in [6, 6.07) is 10.6. The van der Waals surface area contributed by atoms with E-state index in [0.29, 0.717) is 23.6 Å². The lowest BCUT2D eigenvalue weighted by molar-refractivity contribution is -0.120. The van der Waals surface area contributed by atoms with Gasteiger partial charge in [0.15, 0.2) is 11.5 Å². The predicted octanol–water partition coefficient (Wildman–Crippen LogP) is 3.35. The number of carbonyl (C=O) groups excluding carboxylic acids is 1. The van der Waals surface area contributed by atoms with Crippen molar-refractivity contribution in [1.82, 2.24) is 5.32 Å². The maximum absolute atomic E-state index is 12.8. The highest BCUT2D eigenvalue weighted by Gasteiger charge is 2.24. The third-order valence-corrected chi connectivity index (χ3v) is 5.99. The first-order valence-electron chi connectivity index (χ1n) is 9.67. The Morgan fingerprint density at radius 3 is 2.27 bits per heavy atom. The zero-order valence-electron chi connectivity index (χ0n) is 18.4. The number of nitrogens with one attached hydrogen (secondary N) is 1. The Kier molecular flexibility index (Phi) is 7.72. The fourth-order valence-electron chi connectivity index (χ4n) is 3.33. The third-order valence-electron chi connectivity index (χ3n) is 4.86. The predicted molar refractivity (Wildman–Crippen MR) is 119 cm³/mol. The summed E-state index contributed by atoms with van der Waals surface area (Å²) in [6.45, 7) is 5.41. The van der Waals surface area contributed by atoms with Crippen LogP contribution in [0.3, 0.4) is 0 Å². The molecule has 30 heavy (non-hydrogen) atoms. The van der Waals surface area contributed by atoms with Crippen molar-refractivity contribution in [1.29, 1.82) is 0 Å². The van der Waals surface area contributed by atoms with E-state index in [1.807, 2.05) is 45.0 Å². The third kappa shape index (κ3) is 5.66. The molecule has 0 aliphatic heterocycles. The summed E-state index contributed by atoms with van der Waals surface area (Å²) in [4.78, 5) is 12.8. The SMILES string of the molecule is CC[C@H](NC(=O)CN(c1ccc(C)cc1C)S(C)(=O)=O)c1ccc(OC)c(OC)c1. The summed E-state index contributed by atoms with van der Waals surface area (Å²) < 4.78 is 36.5. The van der Waals surface area contributed by atoms with E-state index in [4.69, 9.17) is 9.47 Å². The van der Waals surface area contributed by atoms with Gasteiger partial charge in [-0.3, -0.25) is 9.10 Å². The minimum absolute atomic E-state index is 0.294. The van der Waals surface area contributed by atoms with Gasteiger partial charge in [0.2, 0.25) is 15.9 Å².